The van der Waals surface area contributed by atoms with Crippen LogP contribution in [0.5, 0.6) is 0 Å². The van der Waals surface area contributed by atoms with Crippen LogP contribution in [0, 0.1) is 0 Å². The second kappa shape index (κ2) is 3.94. The summed E-state index contributed by atoms with van der Waals surface area (Å²) in [6, 6.07) is 0. The predicted molar refractivity (Wildman–Crippen MR) is 45.4 cm³/mol. The lowest BCUT2D eigenvalue weighted by atomic mass is 10.0. The van der Waals surface area contributed by atoms with Gasteiger partial charge in [0.2, 0.25) is 0 Å². The standard InChI is InChI=1S/C9H10O4/c1-12-8-4-3-7(11)6(5-10)9(8)13-2/h3-4,7,11H,1-2H3. The number of aliphatic hydroxyl groups excluding tert-OH is 1. The van der Waals surface area contributed by atoms with Crippen molar-refractivity contribution in [3.63, 3.8) is 0 Å². The molecule has 1 atom stereocenters. The van der Waals surface area contributed by atoms with E-state index < -0.39 is 6.10 Å². The fraction of sp³-hybridized carbons (Fsp3) is 0.333. The van der Waals surface area contributed by atoms with Gasteiger partial charge in [-0.1, -0.05) is 0 Å². The van der Waals surface area contributed by atoms with E-state index in [0.29, 0.717) is 5.76 Å². The van der Waals surface area contributed by atoms with Crippen LogP contribution in [0.1, 0.15) is 0 Å². The van der Waals surface area contributed by atoms with E-state index in [1.165, 1.54) is 20.3 Å². The highest BCUT2D eigenvalue weighted by molar-refractivity contribution is 5.64. The minimum absolute atomic E-state index is 0.0573. The van der Waals surface area contributed by atoms with Crippen molar-refractivity contribution in [3.05, 3.63) is 29.2 Å². The number of ether oxygens (including phenoxy) is 2. The average molecular weight is 182 g/mol. The summed E-state index contributed by atoms with van der Waals surface area (Å²) in [6.45, 7) is 0. The molecule has 0 aliphatic heterocycles. The molecule has 70 valence electrons. The third kappa shape index (κ3) is 1.64. The van der Waals surface area contributed by atoms with Gasteiger partial charge in [-0.2, -0.15) is 0 Å². The lowest BCUT2D eigenvalue weighted by Gasteiger charge is -2.17. The number of methoxy groups -OCH3 is 2. The van der Waals surface area contributed by atoms with Crippen LogP contribution in [0.15, 0.2) is 29.2 Å². The summed E-state index contributed by atoms with van der Waals surface area (Å²) in [5, 5.41) is 9.33. The van der Waals surface area contributed by atoms with Gasteiger partial charge in [0.25, 0.3) is 0 Å². The van der Waals surface area contributed by atoms with E-state index in [1.807, 2.05) is 0 Å². The lowest BCUT2D eigenvalue weighted by Crippen LogP contribution is -2.16. The van der Waals surface area contributed by atoms with Crippen LogP contribution in [0.25, 0.3) is 0 Å². The maximum atomic E-state index is 10.5. The van der Waals surface area contributed by atoms with Crippen LogP contribution in [0.2, 0.25) is 0 Å². The summed E-state index contributed by atoms with van der Waals surface area (Å²) in [5.41, 5.74) is 0.0573. The maximum Gasteiger partial charge on any atom is 0.177 e. The molecular formula is C9H10O4. The van der Waals surface area contributed by atoms with Gasteiger partial charge in [0.1, 0.15) is 17.6 Å². The molecule has 0 spiro atoms. The molecule has 1 aliphatic rings. The van der Waals surface area contributed by atoms with Gasteiger partial charge in [0.15, 0.2) is 11.5 Å². The summed E-state index contributed by atoms with van der Waals surface area (Å²) >= 11 is 0. The van der Waals surface area contributed by atoms with Gasteiger partial charge in [0.05, 0.1) is 14.2 Å². The number of aliphatic hydroxyl groups is 1. The molecule has 0 amide bonds. The Balaban J connectivity index is 3.18. The van der Waals surface area contributed by atoms with Crippen molar-refractivity contribution in [2.75, 3.05) is 14.2 Å². The first-order valence-electron chi connectivity index (χ1n) is 3.68. The SMILES string of the molecule is COC1=C(OC)C(=C=O)C(O)C=C1. The molecule has 1 unspecified atom stereocenters. The highest BCUT2D eigenvalue weighted by Crippen LogP contribution is 2.23. The number of carbonyl (C=O) groups excluding carboxylic acids is 1. The Kier molecular flexibility index (Phi) is 2.90. The fourth-order valence-corrected chi connectivity index (χ4v) is 1.10. The Morgan fingerprint density at radius 2 is 2.15 bits per heavy atom. The Bertz CT molecular complexity index is 308. The van der Waals surface area contributed by atoms with E-state index in [-0.39, 0.29) is 11.3 Å². The topological polar surface area (TPSA) is 55.8 Å². The molecule has 1 rings (SSSR count). The van der Waals surface area contributed by atoms with E-state index in [0.717, 1.165) is 0 Å². The normalized spacial score (nSPS) is 21.5. The molecule has 4 heteroatoms. The third-order valence-corrected chi connectivity index (χ3v) is 1.73. The minimum Gasteiger partial charge on any atom is -0.493 e. The van der Waals surface area contributed by atoms with E-state index in [2.05, 4.69) is 0 Å². The van der Waals surface area contributed by atoms with E-state index in [4.69, 9.17) is 9.47 Å². The van der Waals surface area contributed by atoms with Crippen molar-refractivity contribution >= 4 is 5.94 Å². The molecule has 0 fully saturated rings. The van der Waals surface area contributed by atoms with E-state index in [1.54, 1.807) is 12.0 Å². The number of hydrogen-bond acceptors (Lipinski definition) is 4. The summed E-state index contributed by atoms with van der Waals surface area (Å²) in [7, 11) is 2.86. The quantitative estimate of drug-likeness (QED) is 0.619. The van der Waals surface area contributed by atoms with Gasteiger partial charge in [0, 0.05) is 0 Å². The summed E-state index contributed by atoms with van der Waals surface area (Å²) in [5.74, 6) is 2.26. The maximum absolute atomic E-state index is 10.5. The molecule has 0 radical (unpaired) electrons. The zero-order valence-corrected chi connectivity index (χ0v) is 7.40. The highest BCUT2D eigenvalue weighted by Gasteiger charge is 2.23. The molecule has 0 saturated heterocycles. The van der Waals surface area contributed by atoms with Crippen LogP contribution in [-0.4, -0.2) is 31.4 Å². The van der Waals surface area contributed by atoms with Crippen molar-refractivity contribution < 1.29 is 19.4 Å². The molecular weight excluding hydrogens is 172 g/mol. The molecule has 1 aliphatic carbocycles. The zero-order valence-electron chi connectivity index (χ0n) is 7.40. The Morgan fingerprint density at radius 1 is 1.46 bits per heavy atom. The Hall–Kier alpha value is -1.51. The third-order valence-electron chi connectivity index (χ3n) is 1.73. The van der Waals surface area contributed by atoms with Crippen LogP contribution in [0.3, 0.4) is 0 Å². The first-order chi connectivity index (χ1) is 6.24. The smallest absolute Gasteiger partial charge is 0.177 e. The number of hydrogen-bond donors (Lipinski definition) is 1. The predicted octanol–water partition coefficient (Wildman–Crippen LogP) is 0.179. The molecule has 1 N–H and O–H groups in total. The van der Waals surface area contributed by atoms with Gasteiger partial charge >= 0.3 is 0 Å². The van der Waals surface area contributed by atoms with E-state index in [9.17, 15) is 9.90 Å². The fourth-order valence-electron chi connectivity index (χ4n) is 1.10. The summed E-state index contributed by atoms with van der Waals surface area (Å²) < 4.78 is 9.84. The number of allylic oxidation sites excluding steroid dienone is 1. The largest absolute Gasteiger partial charge is 0.493 e. The molecule has 0 aromatic rings. The first-order valence-corrected chi connectivity index (χ1v) is 3.68. The monoisotopic (exact) mass is 182 g/mol. The average Bonchev–Trinajstić information content (AvgIpc) is 2.17. The van der Waals surface area contributed by atoms with Gasteiger partial charge in [-0.15, -0.1) is 0 Å². The van der Waals surface area contributed by atoms with Crippen molar-refractivity contribution in [2.24, 2.45) is 0 Å². The molecule has 13 heavy (non-hydrogen) atoms. The number of rotatable bonds is 2. The minimum atomic E-state index is -0.966. The van der Waals surface area contributed by atoms with Crippen LogP contribution < -0.4 is 0 Å². The molecule has 0 bridgehead atoms. The molecule has 0 aromatic heterocycles. The molecule has 0 saturated carbocycles. The van der Waals surface area contributed by atoms with Crippen molar-refractivity contribution in [2.45, 2.75) is 6.10 Å². The lowest BCUT2D eigenvalue weighted by molar-refractivity contribution is 0.201. The Morgan fingerprint density at radius 3 is 2.62 bits per heavy atom. The van der Waals surface area contributed by atoms with Crippen LogP contribution in [0.4, 0.5) is 0 Å². The van der Waals surface area contributed by atoms with Gasteiger partial charge in [-0.05, 0) is 12.2 Å². The summed E-state index contributed by atoms with van der Waals surface area (Å²) in [4.78, 5) is 10.5. The summed E-state index contributed by atoms with van der Waals surface area (Å²) in [6.07, 6.45) is 2.01. The van der Waals surface area contributed by atoms with Crippen LogP contribution >= 0.6 is 0 Å². The first kappa shape index (κ1) is 9.58. The van der Waals surface area contributed by atoms with Gasteiger partial charge < -0.3 is 14.6 Å². The second-order valence-electron chi connectivity index (χ2n) is 2.42. The van der Waals surface area contributed by atoms with Crippen molar-refractivity contribution in [1.29, 1.82) is 0 Å². The van der Waals surface area contributed by atoms with Crippen molar-refractivity contribution in [1.82, 2.24) is 0 Å². The van der Waals surface area contributed by atoms with Gasteiger partial charge in [-0.3, -0.25) is 0 Å². The van der Waals surface area contributed by atoms with Crippen molar-refractivity contribution in [3.8, 4) is 0 Å². The van der Waals surface area contributed by atoms with Gasteiger partial charge in [-0.25, -0.2) is 4.79 Å². The van der Waals surface area contributed by atoms with E-state index >= 15 is 0 Å². The molecule has 0 aromatic carbocycles. The highest BCUT2D eigenvalue weighted by atomic mass is 16.5. The second-order valence-corrected chi connectivity index (χ2v) is 2.42. The zero-order chi connectivity index (χ0) is 9.84. The molecule has 0 heterocycles. The Labute approximate surface area is 75.8 Å². The van der Waals surface area contributed by atoms with Crippen LogP contribution in [-0.2, 0) is 14.3 Å². The molecule has 4 nitrogen and oxygen atoms in total.